The van der Waals surface area contributed by atoms with Crippen molar-refractivity contribution in [3.8, 4) is 0 Å². The van der Waals surface area contributed by atoms with Gasteiger partial charge in [0.15, 0.2) is 0 Å². The normalized spacial score (nSPS) is 25.9. The molecule has 1 fully saturated rings. The number of rotatable bonds is 2. The maximum Gasteiger partial charge on any atom is 0.133 e. The summed E-state index contributed by atoms with van der Waals surface area (Å²) in [4.78, 5) is 6.84. The number of hydrogen-bond donors (Lipinski definition) is 0. The molecule has 0 spiro atoms. The minimum Gasteiger partial charge on any atom is -0.353 e. The lowest BCUT2D eigenvalue weighted by Crippen LogP contribution is -2.28. The van der Waals surface area contributed by atoms with E-state index >= 15 is 0 Å². The Morgan fingerprint density at radius 1 is 1.53 bits per heavy atom. The number of hydrogen-bond acceptors (Lipinski definition) is 2. The number of nitrogens with zero attached hydrogens (tertiary/aromatic N) is 2. The number of aromatic nitrogens is 1. The maximum atomic E-state index is 5.93. The quantitative estimate of drug-likeness (QED) is 0.718. The van der Waals surface area contributed by atoms with E-state index in [1.165, 1.54) is 6.42 Å². The Bertz CT molecular complexity index is 340. The molecule has 1 aliphatic rings. The molecule has 0 aliphatic carbocycles. The average Bonchev–Trinajstić information content (AvgIpc) is 2.57. The van der Waals surface area contributed by atoms with Crippen LogP contribution in [0.4, 0.5) is 5.82 Å². The van der Waals surface area contributed by atoms with Crippen LogP contribution in [0, 0.1) is 5.92 Å². The molecule has 2 heterocycles. The van der Waals surface area contributed by atoms with Gasteiger partial charge in [0, 0.05) is 24.3 Å². The summed E-state index contributed by atoms with van der Waals surface area (Å²) in [5, 5.41) is 0. The van der Waals surface area contributed by atoms with Gasteiger partial charge in [0.2, 0.25) is 0 Å². The molecule has 0 amide bonds. The summed E-state index contributed by atoms with van der Waals surface area (Å²) in [6.07, 6.45) is 3.10. The molecule has 1 aromatic heterocycles. The highest BCUT2D eigenvalue weighted by atomic mass is 35.5. The van der Waals surface area contributed by atoms with E-state index in [9.17, 15) is 0 Å². The van der Waals surface area contributed by atoms with Crippen molar-refractivity contribution in [1.82, 2.24) is 4.98 Å². The van der Waals surface area contributed by atoms with Crippen molar-refractivity contribution in [3.05, 3.63) is 23.9 Å². The lowest BCUT2D eigenvalue weighted by atomic mass is 10.1. The SMILES string of the molecule is CC1CC(C)N(c2ncccc2CCl)C1. The van der Waals surface area contributed by atoms with Gasteiger partial charge in [-0.1, -0.05) is 13.0 Å². The van der Waals surface area contributed by atoms with Crippen molar-refractivity contribution in [2.45, 2.75) is 32.2 Å². The molecule has 15 heavy (non-hydrogen) atoms. The highest BCUT2D eigenvalue weighted by Crippen LogP contribution is 2.29. The van der Waals surface area contributed by atoms with Crippen molar-refractivity contribution in [1.29, 1.82) is 0 Å². The molecule has 1 aromatic rings. The lowest BCUT2D eigenvalue weighted by Gasteiger charge is -2.24. The summed E-state index contributed by atoms with van der Waals surface area (Å²) in [5.41, 5.74) is 1.14. The summed E-state index contributed by atoms with van der Waals surface area (Å²) < 4.78 is 0. The molecule has 82 valence electrons. The minimum atomic E-state index is 0.542. The highest BCUT2D eigenvalue weighted by Gasteiger charge is 2.28. The molecule has 1 aliphatic heterocycles. The molecular formula is C12H17ClN2. The summed E-state index contributed by atoms with van der Waals surface area (Å²) in [6.45, 7) is 5.65. The first-order chi connectivity index (χ1) is 7.22. The van der Waals surface area contributed by atoms with Crippen LogP contribution >= 0.6 is 11.6 Å². The maximum absolute atomic E-state index is 5.93. The van der Waals surface area contributed by atoms with Crippen LogP contribution in [0.25, 0.3) is 0 Å². The zero-order valence-electron chi connectivity index (χ0n) is 9.28. The van der Waals surface area contributed by atoms with Gasteiger partial charge >= 0.3 is 0 Å². The van der Waals surface area contributed by atoms with Crippen LogP contribution in [0.15, 0.2) is 18.3 Å². The van der Waals surface area contributed by atoms with E-state index in [0.717, 1.165) is 23.8 Å². The first-order valence-corrected chi connectivity index (χ1v) is 6.02. The Morgan fingerprint density at radius 3 is 2.93 bits per heavy atom. The molecule has 1 saturated heterocycles. The molecule has 3 heteroatoms. The van der Waals surface area contributed by atoms with E-state index in [1.54, 1.807) is 0 Å². The molecule has 0 radical (unpaired) electrons. The highest BCUT2D eigenvalue weighted by molar-refractivity contribution is 6.17. The van der Waals surface area contributed by atoms with Crippen molar-refractivity contribution >= 4 is 17.4 Å². The topological polar surface area (TPSA) is 16.1 Å². The Labute approximate surface area is 96.3 Å². The predicted octanol–water partition coefficient (Wildman–Crippen LogP) is 3.06. The molecule has 0 aromatic carbocycles. The van der Waals surface area contributed by atoms with Gasteiger partial charge in [0.05, 0.1) is 5.88 Å². The van der Waals surface area contributed by atoms with Crippen molar-refractivity contribution < 1.29 is 0 Å². The standard InChI is InChI=1S/C12H17ClN2/c1-9-6-10(2)15(8-9)12-11(7-13)4-3-5-14-12/h3-5,9-10H,6-8H2,1-2H3. The van der Waals surface area contributed by atoms with Gasteiger partial charge in [-0.25, -0.2) is 4.98 Å². The number of halogens is 1. The Morgan fingerprint density at radius 2 is 2.33 bits per heavy atom. The molecular weight excluding hydrogens is 208 g/mol. The van der Waals surface area contributed by atoms with Crippen LogP contribution in [-0.2, 0) is 5.88 Å². The van der Waals surface area contributed by atoms with Crippen molar-refractivity contribution in [3.63, 3.8) is 0 Å². The van der Waals surface area contributed by atoms with Crippen LogP contribution in [0.2, 0.25) is 0 Å². The molecule has 2 nitrogen and oxygen atoms in total. The van der Waals surface area contributed by atoms with E-state index in [0.29, 0.717) is 11.9 Å². The van der Waals surface area contributed by atoms with Gasteiger partial charge in [-0.05, 0) is 25.3 Å². The third kappa shape index (κ3) is 2.10. The Hall–Kier alpha value is -0.760. The lowest BCUT2D eigenvalue weighted by molar-refractivity contribution is 0.625. The van der Waals surface area contributed by atoms with Gasteiger partial charge in [-0.15, -0.1) is 11.6 Å². The molecule has 0 N–H and O–H groups in total. The first kappa shape index (κ1) is 10.7. The smallest absolute Gasteiger partial charge is 0.133 e. The summed E-state index contributed by atoms with van der Waals surface area (Å²) in [6, 6.07) is 4.59. The zero-order valence-corrected chi connectivity index (χ0v) is 10.0. The van der Waals surface area contributed by atoms with Crippen LogP contribution < -0.4 is 4.90 Å². The van der Waals surface area contributed by atoms with E-state index in [2.05, 4.69) is 29.8 Å². The van der Waals surface area contributed by atoms with Crippen LogP contribution in [0.1, 0.15) is 25.8 Å². The Balaban J connectivity index is 2.29. The second-order valence-corrected chi connectivity index (χ2v) is 4.73. The third-order valence-corrected chi connectivity index (χ3v) is 3.36. The fraction of sp³-hybridized carbons (Fsp3) is 0.583. The van der Waals surface area contributed by atoms with E-state index in [-0.39, 0.29) is 0 Å². The van der Waals surface area contributed by atoms with Crippen LogP contribution in [0.3, 0.4) is 0 Å². The van der Waals surface area contributed by atoms with E-state index in [4.69, 9.17) is 11.6 Å². The van der Waals surface area contributed by atoms with Crippen LogP contribution in [0.5, 0.6) is 0 Å². The number of alkyl halides is 1. The molecule has 2 rings (SSSR count). The first-order valence-electron chi connectivity index (χ1n) is 5.49. The minimum absolute atomic E-state index is 0.542. The fourth-order valence-corrected chi connectivity index (χ4v) is 2.60. The number of anilines is 1. The summed E-state index contributed by atoms with van der Waals surface area (Å²) >= 11 is 5.93. The Kier molecular flexibility index (Phi) is 3.15. The molecule has 2 atom stereocenters. The molecule has 0 saturated carbocycles. The summed E-state index contributed by atoms with van der Waals surface area (Å²) in [5.74, 6) is 2.37. The third-order valence-electron chi connectivity index (χ3n) is 3.07. The summed E-state index contributed by atoms with van der Waals surface area (Å²) in [7, 11) is 0. The van der Waals surface area contributed by atoms with Gasteiger partial charge in [0.25, 0.3) is 0 Å². The second kappa shape index (κ2) is 4.40. The van der Waals surface area contributed by atoms with Gasteiger partial charge in [-0.2, -0.15) is 0 Å². The van der Waals surface area contributed by atoms with E-state index < -0.39 is 0 Å². The monoisotopic (exact) mass is 224 g/mol. The zero-order chi connectivity index (χ0) is 10.8. The largest absolute Gasteiger partial charge is 0.353 e. The van der Waals surface area contributed by atoms with Gasteiger partial charge < -0.3 is 4.90 Å². The van der Waals surface area contributed by atoms with Crippen LogP contribution in [-0.4, -0.2) is 17.6 Å². The molecule has 0 bridgehead atoms. The fourth-order valence-electron chi connectivity index (χ4n) is 2.39. The van der Waals surface area contributed by atoms with E-state index in [1.807, 2.05) is 12.3 Å². The second-order valence-electron chi connectivity index (χ2n) is 4.46. The predicted molar refractivity (Wildman–Crippen MR) is 64.4 cm³/mol. The number of pyridine rings is 1. The van der Waals surface area contributed by atoms with Gasteiger partial charge in [-0.3, -0.25) is 0 Å². The average molecular weight is 225 g/mol. The van der Waals surface area contributed by atoms with Crippen molar-refractivity contribution in [2.24, 2.45) is 5.92 Å². The van der Waals surface area contributed by atoms with Crippen molar-refractivity contribution in [2.75, 3.05) is 11.4 Å². The van der Waals surface area contributed by atoms with Gasteiger partial charge in [0.1, 0.15) is 5.82 Å². The molecule has 2 unspecified atom stereocenters.